The van der Waals surface area contributed by atoms with Gasteiger partial charge in [-0.2, -0.15) is 18.3 Å². The number of aromatic nitrogens is 3. The predicted molar refractivity (Wildman–Crippen MR) is 105 cm³/mol. The van der Waals surface area contributed by atoms with Gasteiger partial charge in [-0.1, -0.05) is 6.07 Å². The SMILES string of the molecule is CC(=O)CCC(=O)N1CC[C@@H](c2cc3nc(-c4cccs4)cc(C(F)(F)F)n3n2)C1. The molecule has 1 aliphatic rings. The van der Waals surface area contributed by atoms with E-state index in [0.29, 0.717) is 30.1 Å². The Morgan fingerprint density at radius 1 is 1.27 bits per heavy atom. The van der Waals surface area contributed by atoms with Gasteiger partial charge in [0.15, 0.2) is 11.3 Å². The molecule has 1 fully saturated rings. The van der Waals surface area contributed by atoms with E-state index in [4.69, 9.17) is 0 Å². The summed E-state index contributed by atoms with van der Waals surface area (Å²) in [6.07, 6.45) is -3.63. The maximum Gasteiger partial charge on any atom is 0.433 e. The molecule has 0 aromatic carbocycles. The van der Waals surface area contributed by atoms with Gasteiger partial charge in [0.25, 0.3) is 0 Å². The van der Waals surface area contributed by atoms with Crippen LogP contribution in [-0.4, -0.2) is 44.3 Å². The second-order valence-electron chi connectivity index (χ2n) is 7.37. The highest BCUT2D eigenvalue weighted by molar-refractivity contribution is 7.13. The van der Waals surface area contributed by atoms with E-state index in [9.17, 15) is 22.8 Å². The van der Waals surface area contributed by atoms with Crippen molar-refractivity contribution in [2.24, 2.45) is 0 Å². The van der Waals surface area contributed by atoms with Crippen LogP contribution in [0.4, 0.5) is 13.2 Å². The molecular weight excluding hydrogens is 417 g/mol. The highest BCUT2D eigenvalue weighted by atomic mass is 32.1. The predicted octanol–water partition coefficient (Wildman–Crippen LogP) is 4.16. The summed E-state index contributed by atoms with van der Waals surface area (Å²) in [7, 11) is 0. The fourth-order valence-electron chi connectivity index (χ4n) is 3.61. The summed E-state index contributed by atoms with van der Waals surface area (Å²) in [6, 6.07) is 6.07. The van der Waals surface area contributed by atoms with Gasteiger partial charge in [-0.25, -0.2) is 9.50 Å². The molecule has 4 rings (SSSR count). The molecule has 0 unspecified atom stereocenters. The number of hydrogen-bond acceptors (Lipinski definition) is 5. The largest absolute Gasteiger partial charge is 0.433 e. The Bertz CT molecular complexity index is 1090. The van der Waals surface area contributed by atoms with Gasteiger partial charge in [-0.15, -0.1) is 11.3 Å². The molecule has 1 aliphatic heterocycles. The number of likely N-dealkylation sites (tertiary alicyclic amines) is 1. The van der Waals surface area contributed by atoms with Gasteiger partial charge in [0, 0.05) is 37.9 Å². The number of halogens is 3. The number of fused-ring (bicyclic) bond motifs is 1. The van der Waals surface area contributed by atoms with Crippen LogP contribution in [-0.2, 0) is 15.8 Å². The van der Waals surface area contributed by atoms with E-state index >= 15 is 0 Å². The van der Waals surface area contributed by atoms with E-state index in [1.54, 1.807) is 28.5 Å². The lowest BCUT2D eigenvalue weighted by molar-refractivity contribution is -0.142. The van der Waals surface area contributed by atoms with Crippen LogP contribution in [0.3, 0.4) is 0 Å². The minimum atomic E-state index is -4.58. The maximum atomic E-state index is 13.7. The van der Waals surface area contributed by atoms with Gasteiger partial charge < -0.3 is 9.69 Å². The van der Waals surface area contributed by atoms with Crippen LogP contribution >= 0.6 is 11.3 Å². The molecule has 158 valence electrons. The number of nitrogens with zero attached hydrogens (tertiary/aromatic N) is 4. The Morgan fingerprint density at radius 3 is 2.73 bits per heavy atom. The third-order valence-corrected chi connectivity index (χ3v) is 6.05. The molecule has 4 heterocycles. The zero-order valence-electron chi connectivity index (χ0n) is 16.1. The van der Waals surface area contributed by atoms with E-state index in [0.717, 1.165) is 10.6 Å². The Morgan fingerprint density at radius 2 is 2.07 bits per heavy atom. The van der Waals surface area contributed by atoms with Crippen LogP contribution in [0.2, 0.25) is 0 Å². The van der Waals surface area contributed by atoms with Gasteiger partial charge in [-0.3, -0.25) is 4.79 Å². The molecule has 1 atom stereocenters. The minimum Gasteiger partial charge on any atom is -0.342 e. The number of ketones is 1. The Hall–Kier alpha value is -2.75. The lowest BCUT2D eigenvalue weighted by Gasteiger charge is -2.15. The summed E-state index contributed by atoms with van der Waals surface area (Å²) < 4.78 is 41.9. The van der Waals surface area contributed by atoms with Gasteiger partial charge in [0.1, 0.15) is 5.78 Å². The first-order chi connectivity index (χ1) is 14.2. The quantitative estimate of drug-likeness (QED) is 0.602. The molecule has 30 heavy (non-hydrogen) atoms. The lowest BCUT2D eigenvalue weighted by Crippen LogP contribution is -2.28. The van der Waals surface area contributed by atoms with Crippen LogP contribution in [0.25, 0.3) is 16.2 Å². The molecule has 1 saturated heterocycles. The van der Waals surface area contributed by atoms with E-state index in [1.165, 1.54) is 18.3 Å². The molecule has 0 saturated carbocycles. The maximum absolute atomic E-state index is 13.7. The van der Waals surface area contributed by atoms with Gasteiger partial charge in [-0.05, 0) is 30.9 Å². The Balaban J connectivity index is 1.63. The van der Waals surface area contributed by atoms with E-state index in [2.05, 4.69) is 10.1 Å². The third kappa shape index (κ3) is 4.09. The molecule has 0 radical (unpaired) electrons. The number of Topliss-reactive ketones (excluding diaryl/α,β-unsaturated/α-hetero) is 1. The van der Waals surface area contributed by atoms with Crippen LogP contribution in [0.1, 0.15) is 43.5 Å². The molecule has 3 aromatic heterocycles. The lowest BCUT2D eigenvalue weighted by atomic mass is 10.1. The first kappa shape index (κ1) is 20.5. The van der Waals surface area contributed by atoms with E-state index in [-0.39, 0.29) is 41.8 Å². The number of amides is 1. The van der Waals surface area contributed by atoms with Crippen molar-refractivity contribution in [2.45, 2.75) is 38.3 Å². The number of carbonyl (C=O) groups is 2. The molecule has 3 aromatic rings. The fraction of sp³-hybridized carbons (Fsp3) is 0.400. The van der Waals surface area contributed by atoms with Crippen molar-refractivity contribution >= 4 is 28.7 Å². The molecule has 0 spiro atoms. The van der Waals surface area contributed by atoms with Crippen LogP contribution < -0.4 is 0 Å². The van der Waals surface area contributed by atoms with Crippen LogP contribution in [0.15, 0.2) is 29.6 Å². The van der Waals surface area contributed by atoms with Gasteiger partial charge in [0.05, 0.1) is 16.3 Å². The summed E-state index contributed by atoms with van der Waals surface area (Å²) in [6.45, 7) is 2.31. The average molecular weight is 436 g/mol. The second-order valence-corrected chi connectivity index (χ2v) is 8.32. The molecule has 10 heteroatoms. The molecule has 6 nitrogen and oxygen atoms in total. The summed E-state index contributed by atoms with van der Waals surface area (Å²) >= 11 is 1.32. The number of rotatable bonds is 5. The topological polar surface area (TPSA) is 67.6 Å². The second kappa shape index (κ2) is 7.82. The summed E-state index contributed by atoms with van der Waals surface area (Å²) in [5.41, 5.74) is -0.0129. The fourth-order valence-corrected chi connectivity index (χ4v) is 4.30. The molecular formula is C20H19F3N4O2S. The number of thiophene rings is 1. The Labute approximate surface area is 174 Å². The van der Waals surface area contributed by atoms with Crippen molar-refractivity contribution in [2.75, 3.05) is 13.1 Å². The van der Waals surface area contributed by atoms with Crippen molar-refractivity contribution < 1.29 is 22.8 Å². The van der Waals surface area contributed by atoms with Crippen LogP contribution in [0.5, 0.6) is 0 Å². The molecule has 0 bridgehead atoms. The smallest absolute Gasteiger partial charge is 0.342 e. The van der Waals surface area contributed by atoms with E-state index in [1.807, 2.05) is 0 Å². The first-order valence-corrected chi connectivity index (χ1v) is 10.4. The summed E-state index contributed by atoms with van der Waals surface area (Å²) in [5, 5.41) is 5.98. The molecule has 1 amide bonds. The highest BCUT2D eigenvalue weighted by Gasteiger charge is 2.36. The zero-order valence-corrected chi connectivity index (χ0v) is 17.0. The standard InChI is InChI=1S/C20H19F3N4O2S/c1-12(28)4-5-19(29)26-7-6-13(11-26)14-10-18-24-15(16-3-2-8-30-16)9-17(20(21,22)23)27(18)25-14/h2-3,8-10,13H,4-7,11H2,1H3/t13-/m1/s1. The Kier molecular flexibility index (Phi) is 5.35. The van der Waals surface area contributed by atoms with Crippen molar-refractivity contribution in [3.8, 4) is 10.6 Å². The normalized spacial score (nSPS) is 17.1. The van der Waals surface area contributed by atoms with Crippen molar-refractivity contribution in [1.82, 2.24) is 19.5 Å². The van der Waals surface area contributed by atoms with Gasteiger partial charge in [0.2, 0.25) is 5.91 Å². The average Bonchev–Trinajstić information content (AvgIpc) is 3.43. The molecule has 0 N–H and O–H groups in total. The van der Waals surface area contributed by atoms with Gasteiger partial charge >= 0.3 is 6.18 Å². The van der Waals surface area contributed by atoms with Crippen molar-refractivity contribution in [3.05, 3.63) is 41.0 Å². The van der Waals surface area contributed by atoms with Crippen LogP contribution in [0, 0.1) is 0 Å². The van der Waals surface area contributed by atoms with Crippen molar-refractivity contribution in [3.63, 3.8) is 0 Å². The highest BCUT2D eigenvalue weighted by Crippen LogP contribution is 2.35. The van der Waals surface area contributed by atoms with Crippen molar-refractivity contribution in [1.29, 1.82) is 0 Å². The summed E-state index contributed by atoms with van der Waals surface area (Å²) in [5.74, 6) is -0.337. The molecule has 0 aliphatic carbocycles. The van der Waals surface area contributed by atoms with E-state index < -0.39 is 11.9 Å². The number of carbonyl (C=O) groups excluding carboxylic acids is 2. The monoisotopic (exact) mass is 436 g/mol. The number of alkyl halides is 3. The third-order valence-electron chi connectivity index (χ3n) is 5.16. The summed E-state index contributed by atoms with van der Waals surface area (Å²) in [4.78, 5) is 30.0. The minimum absolute atomic E-state index is 0.0493. The number of hydrogen-bond donors (Lipinski definition) is 0. The zero-order chi connectivity index (χ0) is 21.5. The first-order valence-electron chi connectivity index (χ1n) is 9.51.